The number of hydrogen-bond donors (Lipinski definition) is 2. The van der Waals surface area contributed by atoms with Gasteiger partial charge in [-0.15, -0.1) is 0 Å². The number of carbonyl (C=O) groups excluding carboxylic acids is 1. The van der Waals surface area contributed by atoms with Gasteiger partial charge in [-0.25, -0.2) is 4.79 Å². The number of nitrogens with one attached hydrogen (secondary N) is 2. The molecule has 2 N–H and O–H groups in total. The van der Waals surface area contributed by atoms with Crippen molar-refractivity contribution in [1.29, 1.82) is 0 Å². The van der Waals surface area contributed by atoms with Gasteiger partial charge in [0.25, 0.3) is 0 Å². The molecule has 4 heteroatoms. The number of amides is 2. The molecule has 1 unspecified atom stereocenters. The highest BCUT2D eigenvalue weighted by molar-refractivity contribution is 5.86. The van der Waals surface area contributed by atoms with Gasteiger partial charge in [-0.05, 0) is 42.3 Å². The Morgan fingerprint density at radius 2 is 1.79 bits per heavy atom. The van der Waals surface area contributed by atoms with Crippen molar-refractivity contribution in [2.45, 2.75) is 26.4 Å². The Bertz CT molecular complexity index is 855. The quantitative estimate of drug-likeness (QED) is 0.760. The van der Waals surface area contributed by atoms with E-state index >= 15 is 0 Å². The summed E-state index contributed by atoms with van der Waals surface area (Å²) in [4.78, 5) is 16.6. The molecule has 0 saturated heterocycles. The first-order valence-electron chi connectivity index (χ1n) is 8.08. The van der Waals surface area contributed by atoms with E-state index in [2.05, 4.69) is 39.9 Å². The number of benzene rings is 2. The molecule has 0 bridgehead atoms. The van der Waals surface area contributed by atoms with E-state index in [9.17, 15) is 4.79 Å². The van der Waals surface area contributed by atoms with E-state index in [1.54, 1.807) is 0 Å². The number of aromatic nitrogens is 1. The number of aryl methyl sites for hydroxylation is 1. The average molecular weight is 319 g/mol. The van der Waals surface area contributed by atoms with Crippen LogP contribution in [-0.4, -0.2) is 11.0 Å². The van der Waals surface area contributed by atoms with E-state index in [0.717, 1.165) is 22.3 Å². The van der Waals surface area contributed by atoms with Gasteiger partial charge >= 0.3 is 6.03 Å². The van der Waals surface area contributed by atoms with Gasteiger partial charge in [0.15, 0.2) is 0 Å². The summed E-state index contributed by atoms with van der Waals surface area (Å²) >= 11 is 0. The fraction of sp³-hybridized carbons (Fsp3) is 0.200. The smallest absolute Gasteiger partial charge is 0.315 e. The molecule has 3 aromatic rings. The Balaban J connectivity index is 1.65. The van der Waals surface area contributed by atoms with Crippen LogP contribution in [0.5, 0.6) is 0 Å². The third-order valence-corrected chi connectivity index (χ3v) is 4.01. The summed E-state index contributed by atoms with van der Waals surface area (Å²) in [6.45, 7) is 4.34. The molecular weight excluding hydrogens is 298 g/mol. The van der Waals surface area contributed by atoms with Crippen molar-refractivity contribution in [1.82, 2.24) is 15.6 Å². The van der Waals surface area contributed by atoms with Crippen molar-refractivity contribution in [2.24, 2.45) is 0 Å². The van der Waals surface area contributed by atoms with Crippen molar-refractivity contribution in [3.05, 3.63) is 77.6 Å². The van der Waals surface area contributed by atoms with Crippen LogP contribution in [0.25, 0.3) is 10.8 Å². The number of rotatable bonds is 4. The molecule has 0 saturated carbocycles. The lowest BCUT2D eigenvalue weighted by atomic mass is 10.00. The molecule has 1 atom stereocenters. The molecule has 2 aromatic carbocycles. The van der Waals surface area contributed by atoms with Crippen molar-refractivity contribution < 1.29 is 4.79 Å². The van der Waals surface area contributed by atoms with E-state index in [-0.39, 0.29) is 12.1 Å². The molecule has 24 heavy (non-hydrogen) atoms. The molecule has 1 heterocycles. The maximum atomic E-state index is 12.2. The minimum atomic E-state index is -0.196. The van der Waals surface area contributed by atoms with E-state index in [1.807, 2.05) is 50.2 Å². The molecule has 0 aliphatic rings. The number of urea groups is 1. The van der Waals surface area contributed by atoms with E-state index in [1.165, 1.54) is 5.39 Å². The van der Waals surface area contributed by atoms with Crippen molar-refractivity contribution in [2.75, 3.05) is 0 Å². The first-order valence-corrected chi connectivity index (χ1v) is 8.08. The van der Waals surface area contributed by atoms with E-state index in [4.69, 9.17) is 0 Å². The molecule has 0 radical (unpaired) electrons. The van der Waals surface area contributed by atoms with Crippen LogP contribution in [0.3, 0.4) is 0 Å². The monoisotopic (exact) mass is 319 g/mol. The summed E-state index contributed by atoms with van der Waals surface area (Å²) in [6.07, 6.45) is 0. The first kappa shape index (κ1) is 16.0. The van der Waals surface area contributed by atoms with Gasteiger partial charge in [0.2, 0.25) is 0 Å². The zero-order chi connectivity index (χ0) is 16.9. The van der Waals surface area contributed by atoms with Gasteiger partial charge in [-0.1, -0.05) is 48.5 Å². The molecular formula is C20H21N3O. The summed E-state index contributed by atoms with van der Waals surface area (Å²) in [5.41, 5.74) is 2.90. The van der Waals surface area contributed by atoms with Crippen LogP contribution in [0.4, 0.5) is 4.79 Å². The summed E-state index contributed by atoms with van der Waals surface area (Å²) in [7, 11) is 0. The van der Waals surface area contributed by atoms with Gasteiger partial charge in [0.1, 0.15) is 0 Å². The third kappa shape index (κ3) is 3.71. The first-order chi connectivity index (χ1) is 11.6. The van der Waals surface area contributed by atoms with Crippen LogP contribution >= 0.6 is 0 Å². The van der Waals surface area contributed by atoms with E-state index < -0.39 is 0 Å². The topological polar surface area (TPSA) is 54.0 Å². The van der Waals surface area contributed by atoms with Crippen LogP contribution in [0, 0.1) is 6.92 Å². The predicted octanol–water partition coefficient (Wildman–Crippen LogP) is 4.10. The lowest BCUT2D eigenvalue weighted by molar-refractivity contribution is 0.237. The Morgan fingerprint density at radius 3 is 2.62 bits per heavy atom. The Morgan fingerprint density at radius 1 is 1.04 bits per heavy atom. The molecule has 0 aliphatic heterocycles. The number of carbonyl (C=O) groups is 1. The Hall–Kier alpha value is -2.88. The fourth-order valence-corrected chi connectivity index (χ4v) is 2.82. The molecule has 1 aromatic heterocycles. The molecule has 0 aliphatic carbocycles. The van der Waals surface area contributed by atoms with Crippen molar-refractivity contribution in [3.63, 3.8) is 0 Å². The lowest BCUT2D eigenvalue weighted by Crippen LogP contribution is -2.36. The van der Waals surface area contributed by atoms with Gasteiger partial charge in [0.05, 0.1) is 18.3 Å². The van der Waals surface area contributed by atoms with Crippen molar-refractivity contribution >= 4 is 16.8 Å². The van der Waals surface area contributed by atoms with E-state index in [0.29, 0.717) is 6.54 Å². The van der Waals surface area contributed by atoms with Gasteiger partial charge in [-0.3, -0.25) is 4.98 Å². The van der Waals surface area contributed by atoms with Crippen LogP contribution < -0.4 is 10.6 Å². The summed E-state index contributed by atoms with van der Waals surface area (Å²) in [6, 6.07) is 19.8. The van der Waals surface area contributed by atoms with Crippen LogP contribution in [0.1, 0.15) is 29.9 Å². The maximum absolute atomic E-state index is 12.2. The number of fused-ring (bicyclic) bond motifs is 1. The summed E-state index contributed by atoms with van der Waals surface area (Å²) in [5.74, 6) is 0. The lowest BCUT2D eigenvalue weighted by Gasteiger charge is -2.17. The van der Waals surface area contributed by atoms with Gasteiger partial charge < -0.3 is 10.6 Å². The normalized spacial score (nSPS) is 11.9. The minimum absolute atomic E-state index is 0.0819. The largest absolute Gasteiger partial charge is 0.332 e. The zero-order valence-corrected chi connectivity index (χ0v) is 13.9. The highest BCUT2D eigenvalue weighted by atomic mass is 16.2. The standard InChI is InChI=1S/C20H21N3O/c1-14-7-5-10-17(22-14)13-21-20(24)23-15(2)18-12-6-9-16-8-3-4-11-19(16)18/h3-12,15H,13H2,1-2H3,(H2,21,23,24). The zero-order valence-electron chi connectivity index (χ0n) is 13.9. The second-order valence-corrected chi connectivity index (χ2v) is 5.89. The number of pyridine rings is 1. The summed E-state index contributed by atoms with van der Waals surface area (Å²) in [5, 5.41) is 8.19. The SMILES string of the molecule is Cc1cccc(CNC(=O)NC(C)c2cccc3ccccc23)n1. The maximum Gasteiger partial charge on any atom is 0.315 e. The van der Waals surface area contributed by atoms with Crippen LogP contribution in [-0.2, 0) is 6.54 Å². The molecule has 4 nitrogen and oxygen atoms in total. The predicted molar refractivity (Wildman–Crippen MR) is 96.7 cm³/mol. The Labute approximate surface area is 141 Å². The second kappa shape index (κ2) is 7.13. The highest BCUT2D eigenvalue weighted by Gasteiger charge is 2.12. The van der Waals surface area contributed by atoms with Gasteiger partial charge in [-0.2, -0.15) is 0 Å². The molecule has 0 spiro atoms. The highest BCUT2D eigenvalue weighted by Crippen LogP contribution is 2.23. The second-order valence-electron chi connectivity index (χ2n) is 5.89. The molecule has 0 fully saturated rings. The third-order valence-electron chi connectivity index (χ3n) is 4.01. The molecule has 2 amide bonds. The Kier molecular flexibility index (Phi) is 4.75. The fourth-order valence-electron chi connectivity index (χ4n) is 2.82. The minimum Gasteiger partial charge on any atom is -0.332 e. The number of hydrogen-bond acceptors (Lipinski definition) is 2. The van der Waals surface area contributed by atoms with Crippen molar-refractivity contribution in [3.8, 4) is 0 Å². The molecule has 122 valence electrons. The van der Waals surface area contributed by atoms with Crippen LogP contribution in [0.15, 0.2) is 60.7 Å². The van der Waals surface area contributed by atoms with Gasteiger partial charge in [0, 0.05) is 5.69 Å². The number of nitrogens with zero attached hydrogens (tertiary/aromatic N) is 1. The summed E-state index contributed by atoms with van der Waals surface area (Å²) < 4.78 is 0. The van der Waals surface area contributed by atoms with Crippen LogP contribution in [0.2, 0.25) is 0 Å². The molecule has 3 rings (SSSR count). The average Bonchev–Trinajstić information content (AvgIpc) is 2.59.